The average molecular weight is 230 g/mol. The number of carbonyl (C=O) groups excluding carboxylic acids is 1. The third-order valence-corrected chi connectivity index (χ3v) is 3.88. The molecule has 2 heterocycles. The molecule has 2 atom stereocenters. The number of fused-ring (bicyclic) bond motifs is 1. The molecule has 2 aliphatic heterocycles. The number of carbonyl (C=O) groups is 1. The Kier molecular flexibility index (Phi) is 2.95. The SMILES string of the molecule is O=C1CNC[C@@H]2CN(Cc3ccccc3)C[C@H]12. The first-order chi connectivity index (χ1) is 8.33. The first-order valence-corrected chi connectivity index (χ1v) is 6.32. The van der Waals surface area contributed by atoms with E-state index in [0.717, 1.165) is 26.2 Å². The van der Waals surface area contributed by atoms with Crippen molar-refractivity contribution in [2.24, 2.45) is 11.8 Å². The summed E-state index contributed by atoms with van der Waals surface area (Å²) in [4.78, 5) is 14.2. The second kappa shape index (κ2) is 4.59. The molecule has 3 heteroatoms. The second-order valence-electron chi connectivity index (χ2n) is 5.14. The normalized spacial score (nSPS) is 29.3. The van der Waals surface area contributed by atoms with E-state index in [1.165, 1.54) is 5.56 Å². The van der Waals surface area contributed by atoms with Gasteiger partial charge < -0.3 is 5.32 Å². The van der Waals surface area contributed by atoms with Crippen LogP contribution in [0, 0.1) is 11.8 Å². The molecule has 2 fully saturated rings. The molecular formula is C14H18N2O. The Bertz CT molecular complexity index is 404. The van der Waals surface area contributed by atoms with Gasteiger partial charge in [-0.25, -0.2) is 0 Å². The van der Waals surface area contributed by atoms with E-state index >= 15 is 0 Å². The van der Waals surface area contributed by atoms with E-state index in [2.05, 4.69) is 34.5 Å². The van der Waals surface area contributed by atoms with Gasteiger partial charge in [-0.05, 0) is 11.5 Å². The van der Waals surface area contributed by atoms with E-state index in [1.54, 1.807) is 0 Å². The van der Waals surface area contributed by atoms with Crippen molar-refractivity contribution < 1.29 is 4.79 Å². The van der Waals surface area contributed by atoms with Gasteiger partial charge in [0.2, 0.25) is 0 Å². The molecule has 90 valence electrons. The van der Waals surface area contributed by atoms with E-state index in [4.69, 9.17) is 0 Å². The van der Waals surface area contributed by atoms with Crippen molar-refractivity contribution in [3.63, 3.8) is 0 Å². The fraction of sp³-hybridized carbons (Fsp3) is 0.500. The summed E-state index contributed by atoms with van der Waals surface area (Å²) in [6, 6.07) is 10.5. The van der Waals surface area contributed by atoms with Gasteiger partial charge in [-0.2, -0.15) is 0 Å². The van der Waals surface area contributed by atoms with Crippen molar-refractivity contribution in [2.75, 3.05) is 26.2 Å². The average Bonchev–Trinajstić information content (AvgIpc) is 2.74. The molecule has 2 aliphatic rings. The van der Waals surface area contributed by atoms with Crippen LogP contribution in [0.2, 0.25) is 0 Å². The molecule has 0 saturated carbocycles. The van der Waals surface area contributed by atoms with E-state index in [9.17, 15) is 4.79 Å². The van der Waals surface area contributed by atoms with Gasteiger partial charge in [0, 0.05) is 32.1 Å². The number of nitrogens with zero attached hydrogens (tertiary/aromatic N) is 1. The zero-order valence-corrected chi connectivity index (χ0v) is 9.93. The molecule has 1 aromatic carbocycles. The molecule has 0 unspecified atom stereocenters. The highest BCUT2D eigenvalue weighted by atomic mass is 16.1. The summed E-state index contributed by atoms with van der Waals surface area (Å²) < 4.78 is 0. The minimum atomic E-state index is 0.278. The Morgan fingerprint density at radius 1 is 1.24 bits per heavy atom. The number of hydrogen-bond donors (Lipinski definition) is 1. The Morgan fingerprint density at radius 3 is 2.82 bits per heavy atom. The van der Waals surface area contributed by atoms with Crippen LogP contribution >= 0.6 is 0 Å². The van der Waals surface area contributed by atoms with Crippen molar-refractivity contribution in [2.45, 2.75) is 6.54 Å². The molecule has 1 aromatic rings. The maximum atomic E-state index is 11.8. The van der Waals surface area contributed by atoms with Crippen molar-refractivity contribution >= 4 is 5.78 Å². The Balaban J connectivity index is 1.66. The van der Waals surface area contributed by atoms with Crippen LogP contribution in [0.15, 0.2) is 30.3 Å². The predicted molar refractivity (Wildman–Crippen MR) is 66.6 cm³/mol. The number of likely N-dealkylation sites (tertiary alicyclic amines) is 1. The molecule has 0 spiro atoms. The largest absolute Gasteiger partial charge is 0.310 e. The molecule has 3 nitrogen and oxygen atoms in total. The highest BCUT2D eigenvalue weighted by molar-refractivity contribution is 5.84. The van der Waals surface area contributed by atoms with Crippen LogP contribution in [0.1, 0.15) is 5.56 Å². The lowest BCUT2D eigenvalue weighted by Crippen LogP contribution is -2.43. The van der Waals surface area contributed by atoms with E-state index in [1.807, 2.05) is 6.07 Å². The van der Waals surface area contributed by atoms with Gasteiger partial charge in [-0.15, -0.1) is 0 Å². The molecule has 0 radical (unpaired) electrons. The molecular weight excluding hydrogens is 212 g/mol. The van der Waals surface area contributed by atoms with Gasteiger partial charge in [0.25, 0.3) is 0 Å². The maximum absolute atomic E-state index is 11.8. The highest BCUT2D eigenvalue weighted by Crippen LogP contribution is 2.27. The molecule has 0 bridgehead atoms. The van der Waals surface area contributed by atoms with Crippen LogP contribution in [0.25, 0.3) is 0 Å². The van der Waals surface area contributed by atoms with E-state index in [0.29, 0.717) is 18.2 Å². The smallest absolute Gasteiger partial charge is 0.151 e. The minimum absolute atomic E-state index is 0.278. The predicted octanol–water partition coefficient (Wildman–Crippen LogP) is 0.907. The third-order valence-electron chi connectivity index (χ3n) is 3.88. The molecule has 1 N–H and O–H groups in total. The number of piperidine rings is 1. The topological polar surface area (TPSA) is 32.3 Å². The van der Waals surface area contributed by atoms with Crippen LogP contribution in [-0.2, 0) is 11.3 Å². The summed E-state index contributed by atoms with van der Waals surface area (Å²) >= 11 is 0. The molecule has 2 saturated heterocycles. The highest BCUT2D eigenvalue weighted by Gasteiger charge is 2.39. The number of rotatable bonds is 2. The number of hydrogen-bond acceptors (Lipinski definition) is 3. The maximum Gasteiger partial charge on any atom is 0.151 e. The number of Topliss-reactive ketones (excluding diaryl/α,β-unsaturated/α-hetero) is 1. The summed E-state index contributed by atoms with van der Waals surface area (Å²) in [5.41, 5.74) is 1.34. The lowest BCUT2D eigenvalue weighted by molar-refractivity contribution is -0.124. The minimum Gasteiger partial charge on any atom is -0.310 e. The summed E-state index contributed by atoms with van der Waals surface area (Å²) in [5.74, 6) is 1.21. The van der Waals surface area contributed by atoms with Crippen molar-refractivity contribution in [3.8, 4) is 0 Å². The fourth-order valence-corrected chi connectivity index (χ4v) is 3.01. The third kappa shape index (κ3) is 2.26. The van der Waals surface area contributed by atoms with Crippen LogP contribution in [0.5, 0.6) is 0 Å². The molecule has 3 rings (SSSR count). The lowest BCUT2D eigenvalue weighted by Gasteiger charge is -2.23. The van der Waals surface area contributed by atoms with E-state index < -0.39 is 0 Å². The Morgan fingerprint density at radius 2 is 2.06 bits per heavy atom. The number of benzene rings is 1. The number of ketones is 1. The molecule has 17 heavy (non-hydrogen) atoms. The van der Waals surface area contributed by atoms with Gasteiger partial charge in [0.05, 0.1) is 6.54 Å². The first-order valence-electron chi connectivity index (χ1n) is 6.32. The van der Waals surface area contributed by atoms with E-state index in [-0.39, 0.29) is 5.92 Å². The summed E-state index contributed by atoms with van der Waals surface area (Å²) in [6.07, 6.45) is 0. The molecule has 0 amide bonds. The van der Waals surface area contributed by atoms with Crippen LogP contribution in [0.3, 0.4) is 0 Å². The molecule has 0 aliphatic carbocycles. The fourth-order valence-electron chi connectivity index (χ4n) is 3.01. The first kappa shape index (κ1) is 10.9. The number of nitrogens with one attached hydrogen (secondary N) is 1. The lowest BCUT2D eigenvalue weighted by atomic mass is 9.89. The summed E-state index contributed by atoms with van der Waals surface area (Å²) in [6.45, 7) is 4.54. The van der Waals surface area contributed by atoms with Crippen molar-refractivity contribution in [1.82, 2.24) is 10.2 Å². The van der Waals surface area contributed by atoms with Gasteiger partial charge in [-0.1, -0.05) is 30.3 Å². The Hall–Kier alpha value is -1.19. The summed E-state index contributed by atoms with van der Waals surface area (Å²) in [5, 5.41) is 3.21. The van der Waals surface area contributed by atoms with Gasteiger partial charge in [-0.3, -0.25) is 9.69 Å². The monoisotopic (exact) mass is 230 g/mol. The van der Waals surface area contributed by atoms with Gasteiger partial charge >= 0.3 is 0 Å². The zero-order valence-electron chi connectivity index (χ0n) is 9.93. The quantitative estimate of drug-likeness (QED) is 0.819. The second-order valence-corrected chi connectivity index (χ2v) is 5.14. The van der Waals surface area contributed by atoms with Gasteiger partial charge in [0.1, 0.15) is 0 Å². The Labute approximate surface area is 102 Å². The van der Waals surface area contributed by atoms with Crippen LogP contribution < -0.4 is 5.32 Å². The van der Waals surface area contributed by atoms with Crippen LogP contribution in [-0.4, -0.2) is 36.9 Å². The van der Waals surface area contributed by atoms with Crippen molar-refractivity contribution in [1.29, 1.82) is 0 Å². The van der Waals surface area contributed by atoms with Crippen molar-refractivity contribution in [3.05, 3.63) is 35.9 Å². The van der Waals surface area contributed by atoms with Crippen LogP contribution in [0.4, 0.5) is 0 Å². The summed E-state index contributed by atoms with van der Waals surface area (Å²) in [7, 11) is 0. The standard InChI is InChI=1S/C14H18N2O/c17-14-7-15-6-12-9-16(10-13(12)14)8-11-4-2-1-3-5-11/h1-5,12-13,15H,6-10H2/t12-,13+/m1/s1. The zero-order chi connectivity index (χ0) is 11.7. The van der Waals surface area contributed by atoms with Gasteiger partial charge in [0.15, 0.2) is 5.78 Å². The molecule has 0 aromatic heterocycles.